The van der Waals surface area contributed by atoms with Crippen LogP contribution in [0.1, 0.15) is 36.5 Å². The second-order valence-electron chi connectivity index (χ2n) is 6.66. The van der Waals surface area contributed by atoms with Gasteiger partial charge in [0.05, 0.1) is 0 Å². The van der Waals surface area contributed by atoms with Crippen molar-refractivity contribution in [2.45, 2.75) is 46.7 Å². The van der Waals surface area contributed by atoms with Gasteiger partial charge in [-0.15, -0.1) is 0 Å². The second-order valence-corrected chi connectivity index (χ2v) is 6.66. The number of halogens is 2. The summed E-state index contributed by atoms with van der Waals surface area (Å²) in [6.45, 7) is 6.23. The molecule has 1 amide bonds. The molecule has 28 heavy (non-hydrogen) atoms. The predicted molar refractivity (Wildman–Crippen MR) is 104 cm³/mol. The van der Waals surface area contributed by atoms with Crippen LogP contribution in [0.2, 0.25) is 0 Å². The summed E-state index contributed by atoms with van der Waals surface area (Å²) in [5.41, 5.74) is 1.98. The van der Waals surface area contributed by atoms with Crippen LogP contribution in [0, 0.1) is 13.8 Å². The average molecular weight is 388 g/mol. The molecule has 0 saturated carbocycles. The maximum Gasteiger partial charge on any atom is 0.264 e. The summed E-state index contributed by atoms with van der Waals surface area (Å²) in [5.74, 6) is -0.262. The first-order chi connectivity index (χ1) is 13.3. The first kappa shape index (κ1) is 19.7. The Bertz CT molecular complexity index is 1090. The number of alkyl halides is 2. The first-order valence-corrected chi connectivity index (χ1v) is 9.07. The molecule has 0 bridgehead atoms. The van der Waals surface area contributed by atoms with Crippen molar-refractivity contribution in [3.8, 4) is 0 Å². The van der Waals surface area contributed by atoms with Gasteiger partial charge in [-0.2, -0.15) is 5.10 Å². The summed E-state index contributed by atoms with van der Waals surface area (Å²) in [4.78, 5) is 24.7. The number of nitrogens with one attached hydrogen (secondary N) is 1. The van der Waals surface area contributed by atoms with E-state index in [9.17, 15) is 18.4 Å². The van der Waals surface area contributed by atoms with Crippen LogP contribution in [-0.4, -0.2) is 20.3 Å². The van der Waals surface area contributed by atoms with E-state index in [1.165, 1.54) is 15.4 Å². The van der Waals surface area contributed by atoms with E-state index >= 15 is 0 Å². The third-order valence-electron chi connectivity index (χ3n) is 4.85. The third-order valence-corrected chi connectivity index (χ3v) is 4.85. The van der Waals surface area contributed by atoms with Gasteiger partial charge in [0.15, 0.2) is 5.65 Å². The molecule has 8 heteroatoms. The van der Waals surface area contributed by atoms with E-state index < -0.39 is 12.0 Å². The van der Waals surface area contributed by atoms with Crippen molar-refractivity contribution in [3.63, 3.8) is 0 Å². The van der Waals surface area contributed by atoms with Crippen LogP contribution >= 0.6 is 0 Å². The van der Waals surface area contributed by atoms with Crippen LogP contribution in [-0.2, 0) is 17.9 Å². The highest BCUT2D eigenvalue weighted by Crippen LogP contribution is 2.26. The number of nitrogens with zero attached hydrogens (tertiary/aromatic N) is 3. The molecule has 148 valence electrons. The summed E-state index contributed by atoms with van der Waals surface area (Å²) >= 11 is 0. The minimum absolute atomic E-state index is 0.0232. The molecule has 0 saturated heterocycles. The van der Waals surface area contributed by atoms with Crippen molar-refractivity contribution in [2.24, 2.45) is 0 Å². The number of hydrogen-bond acceptors (Lipinski definition) is 3. The molecule has 0 aliphatic heterocycles. The summed E-state index contributed by atoms with van der Waals surface area (Å²) in [6.07, 6.45) is -1.25. The molecule has 0 aliphatic carbocycles. The van der Waals surface area contributed by atoms with Crippen LogP contribution in [0.15, 0.2) is 35.3 Å². The highest BCUT2D eigenvalue weighted by Gasteiger charge is 2.19. The molecular weight excluding hydrogens is 366 g/mol. The van der Waals surface area contributed by atoms with Crippen molar-refractivity contribution >= 4 is 22.6 Å². The van der Waals surface area contributed by atoms with E-state index in [2.05, 4.69) is 10.4 Å². The first-order valence-electron chi connectivity index (χ1n) is 9.07. The molecular formula is C20H22F2N4O2. The van der Waals surface area contributed by atoms with E-state index in [1.807, 2.05) is 39.0 Å². The number of aryl methyl sites for hydroxylation is 3. The zero-order valence-electron chi connectivity index (χ0n) is 16.0. The Labute approximate surface area is 160 Å². The normalized spacial score (nSPS) is 11.4. The Kier molecular flexibility index (Phi) is 5.58. The number of carbonyl (C=O) groups is 1. The number of amides is 1. The molecule has 2 heterocycles. The Morgan fingerprint density at radius 3 is 2.71 bits per heavy atom. The quantitative estimate of drug-likeness (QED) is 0.698. The van der Waals surface area contributed by atoms with Gasteiger partial charge in [-0.1, -0.05) is 12.1 Å². The monoisotopic (exact) mass is 388 g/mol. The van der Waals surface area contributed by atoms with E-state index in [0.29, 0.717) is 12.2 Å². The molecule has 0 fully saturated rings. The van der Waals surface area contributed by atoms with E-state index in [0.717, 1.165) is 17.2 Å². The van der Waals surface area contributed by atoms with Gasteiger partial charge in [-0.05, 0) is 38.0 Å². The fourth-order valence-electron chi connectivity index (χ4n) is 3.08. The lowest BCUT2D eigenvalue weighted by molar-refractivity contribution is -0.116. The molecule has 0 radical (unpaired) electrons. The fourth-order valence-corrected chi connectivity index (χ4v) is 3.08. The number of benzene rings is 1. The van der Waals surface area contributed by atoms with Gasteiger partial charge in [0.2, 0.25) is 5.91 Å². The van der Waals surface area contributed by atoms with Gasteiger partial charge in [0.1, 0.15) is 0 Å². The van der Waals surface area contributed by atoms with E-state index in [-0.39, 0.29) is 35.5 Å². The lowest BCUT2D eigenvalue weighted by Crippen LogP contribution is -2.24. The van der Waals surface area contributed by atoms with Crippen LogP contribution in [0.25, 0.3) is 11.0 Å². The highest BCUT2D eigenvalue weighted by atomic mass is 19.3. The number of aromatic nitrogens is 3. The maximum atomic E-state index is 13.3. The summed E-state index contributed by atoms with van der Waals surface area (Å²) < 4.78 is 29.4. The van der Waals surface area contributed by atoms with Crippen molar-refractivity contribution in [2.75, 3.05) is 5.32 Å². The minimum atomic E-state index is -2.77. The van der Waals surface area contributed by atoms with Crippen LogP contribution in [0.5, 0.6) is 0 Å². The van der Waals surface area contributed by atoms with Crippen LogP contribution in [0.4, 0.5) is 14.5 Å². The van der Waals surface area contributed by atoms with Gasteiger partial charge in [-0.3, -0.25) is 18.8 Å². The van der Waals surface area contributed by atoms with Crippen molar-refractivity contribution in [3.05, 3.63) is 57.5 Å². The number of anilines is 1. The molecule has 3 aromatic rings. The summed E-state index contributed by atoms with van der Waals surface area (Å²) in [5, 5.41) is 7.30. The van der Waals surface area contributed by atoms with Crippen molar-refractivity contribution in [1.82, 2.24) is 14.3 Å². The van der Waals surface area contributed by atoms with E-state index in [4.69, 9.17) is 0 Å². The maximum absolute atomic E-state index is 13.3. The third kappa shape index (κ3) is 3.81. The van der Waals surface area contributed by atoms with Crippen LogP contribution < -0.4 is 10.9 Å². The highest BCUT2D eigenvalue weighted by molar-refractivity contribution is 5.91. The predicted octanol–water partition coefficient (Wildman–Crippen LogP) is 3.80. The zero-order chi connectivity index (χ0) is 20.4. The van der Waals surface area contributed by atoms with Crippen molar-refractivity contribution in [1.29, 1.82) is 0 Å². The zero-order valence-corrected chi connectivity index (χ0v) is 16.0. The smallest absolute Gasteiger partial charge is 0.264 e. The second kappa shape index (κ2) is 7.92. The van der Waals surface area contributed by atoms with Gasteiger partial charge >= 0.3 is 0 Å². The number of pyridine rings is 1. The van der Waals surface area contributed by atoms with Gasteiger partial charge < -0.3 is 5.32 Å². The van der Waals surface area contributed by atoms with Crippen molar-refractivity contribution < 1.29 is 13.6 Å². The summed E-state index contributed by atoms with van der Waals surface area (Å²) in [7, 11) is 0. The van der Waals surface area contributed by atoms with Gasteiger partial charge in [0.25, 0.3) is 12.0 Å². The molecule has 6 nitrogen and oxygen atoms in total. The van der Waals surface area contributed by atoms with Gasteiger partial charge in [0, 0.05) is 48.4 Å². The Balaban J connectivity index is 1.86. The largest absolute Gasteiger partial charge is 0.326 e. The lowest BCUT2D eigenvalue weighted by Gasteiger charge is -2.12. The standard InChI is InChI=1S/C20H22F2N4O2/c1-4-25-11-15-14(19(21)22)10-18(28)26(20(15)24-25)9-8-17(27)23-16-7-5-6-12(2)13(16)3/h5-7,10-11,19H,4,8-9H2,1-3H3,(H,23,27). The SMILES string of the molecule is CCn1cc2c(C(F)F)cc(=O)n(CCC(=O)Nc3cccc(C)c3C)c2n1. The molecule has 0 atom stereocenters. The Hall–Kier alpha value is -3.03. The molecule has 1 aromatic carbocycles. The lowest BCUT2D eigenvalue weighted by atomic mass is 10.1. The topological polar surface area (TPSA) is 68.9 Å². The fraction of sp³-hybridized carbons (Fsp3) is 0.350. The Morgan fingerprint density at radius 2 is 2.04 bits per heavy atom. The molecule has 0 aliphatic rings. The number of fused-ring (bicyclic) bond motifs is 1. The van der Waals surface area contributed by atoms with Crippen LogP contribution in [0.3, 0.4) is 0 Å². The minimum Gasteiger partial charge on any atom is -0.326 e. The summed E-state index contributed by atoms with van der Waals surface area (Å²) in [6, 6.07) is 6.55. The number of carbonyl (C=O) groups excluding carboxylic acids is 1. The van der Waals surface area contributed by atoms with E-state index in [1.54, 1.807) is 0 Å². The Morgan fingerprint density at radius 1 is 1.29 bits per heavy atom. The number of rotatable bonds is 6. The molecule has 3 rings (SSSR count). The molecule has 0 unspecified atom stereocenters. The number of hydrogen-bond donors (Lipinski definition) is 1. The molecule has 0 spiro atoms. The molecule has 1 N–H and O–H groups in total. The molecule has 2 aromatic heterocycles. The average Bonchev–Trinajstić information content (AvgIpc) is 3.08. The van der Waals surface area contributed by atoms with Gasteiger partial charge in [-0.25, -0.2) is 8.78 Å².